The molecule has 0 amide bonds. The summed E-state index contributed by atoms with van der Waals surface area (Å²) in [4.78, 5) is 0. The molecule has 1 aromatic heterocycles. The molecule has 94 valence electrons. The van der Waals surface area contributed by atoms with Gasteiger partial charge in [0.25, 0.3) is 0 Å². The molecule has 3 rings (SSSR count). The summed E-state index contributed by atoms with van der Waals surface area (Å²) in [5.41, 5.74) is 2.35. The van der Waals surface area contributed by atoms with E-state index in [-0.39, 0.29) is 0 Å². The summed E-state index contributed by atoms with van der Waals surface area (Å²) in [6.45, 7) is 0. The van der Waals surface area contributed by atoms with Crippen LogP contribution in [0, 0.1) is 5.92 Å². The van der Waals surface area contributed by atoms with Crippen LogP contribution in [-0.4, -0.2) is 15.0 Å². The summed E-state index contributed by atoms with van der Waals surface area (Å²) >= 11 is 5.97. The van der Waals surface area contributed by atoms with E-state index in [1.54, 1.807) is 0 Å². The van der Waals surface area contributed by atoms with Crippen LogP contribution in [0.2, 0.25) is 0 Å². The van der Waals surface area contributed by atoms with Crippen LogP contribution in [0.5, 0.6) is 0 Å². The van der Waals surface area contributed by atoms with E-state index in [2.05, 4.69) is 15.0 Å². The summed E-state index contributed by atoms with van der Waals surface area (Å²) < 4.78 is 2.20. The lowest BCUT2D eigenvalue weighted by atomic mass is 9.95. The Labute approximate surface area is 108 Å². The van der Waals surface area contributed by atoms with Gasteiger partial charge in [-0.3, -0.25) is 0 Å². The molecule has 0 aliphatic heterocycles. The van der Waals surface area contributed by atoms with Crippen LogP contribution in [-0.2, 0) is 12.3 Å². The van der Waals surface area contributed by atoms with Crippen molar-refractivity contribution in [2.45, 2.75) is 63.3 Å². The van der Waals surface area contributed by atoms with E-state index < -0.39 is 0 Å². The van der Waals surface area contributed by atoms with Crippen LogP contribution in [0.15, 0.2) is 0 Å². The maximum atomic E-state index is 5.97. The molecule has 2 aliphatic carbocycles. The summed E-state index contributed by atoms with van der Waals surface area (Å²) in [6, 6.07) is 0.585. The largest absolute Gasteiger partial charge is 0.246 e. The average Bonchev–Trinajstić information content (AvgIpc) is 3.09. The topological polar surface area (TPSA) is 30.7 Å². The highest BCUT2D eigenvalue weighted by atomic mass is 35.5. The first-order valence-electron chi connectivity index (χ1n) is 6.87. The maximum absolute atomic E-state index is 5.97. The van der Waals surface area contributed by atoms with Gasteiger partial charge in [0, 0.05) is 0 Å². The van der Waals surface area contributed by atoms with Gasteiger partial charge in [-0.2, -0.15) is 0 Å². The Hall–Kier alpha value is -0.570. The number of alkyl halides is 1. The van der Waals surface area contributed by atoms with Gasteiger partial charge in [0.2, 0.25) is 0 Å². The number of hydrogen-bond donors (Lipinski definition) is 0. The van der Waals surface area contributed by atoms with Crippen molar-refractivity contribution in [3.8, 4) is 0 Å². The van der Waals surface area contributed by atoms with Crippen LogP contribution in [0.25, 0.3) is 0 Å². The fraction of sp³-hybridized carbons (Fsp3) is 0.846. The first kappa shape index (κ1) is 11.5. The van der Waals surface area contributed by atoms with E-state index in [1.165, 1.54) is 50.6 Å². The predicted octanol–water partition coefficient (Wildman–Crippen LogP) is 3.47. The van der Waals surface area contributed by atoms with Crippen molar-refractivity contribution >= 4 is 11.6 Å². The van der Waals surface area contributed by atoms with Crippen LogP contribution in [0.1, 0.15) is 62.4 Å². The molecule has 0 bridgehead atoms. The van der Waals surface area contributed by atoms with Gasteiger partial charge < -0.3 is 0 Å². The van der Waals surface area contributed by atoms with E-state index in [4.69, 9.17) is 11.6 Å². The first-order valence-corrected chi connectivity index (χ1v) is 7.41. The Morgan fingerprint density at radius 1 is 1.12 bits per heavy atom. The SMILES string of the molecule is ClCc1nnn(C2CCCCC2)c1CC1CC1. The molecule has 3 nitrogen and oxygen atoms in total. The highest BCUT2D eigenvalue weighted by Crippen LogP contribution is 2.35. The van der Waals surface area contributed by atoms with Gasteiger partial charge in [0.05, 0.1) is 17.6 Å². The fourth-order valence-corrected chi connectivity index (χ4v) is 3.08. The molecule has 0 aromatic carbocycles. The number of nitrogens with zero attached hydrogens (tertiary/aromatic N) is 3. The standard InChI is InChI=1S/C13H20ClN3/c14-9-12-13(8-10-6-7-10)17(16-15-12)11-4-2-1-3-5-11/h10-11H,1-9H2. The van der Waals surface area contributed by atoms with E-state index in [1.807, 2.05) is 0 Å². The number of aromatic nitrogens is 3. The predicted molar refractivity (Wildman–Crippen MR) is 68.1 cm³/mol. The third kappa shape index (κ3) is 2.49. The second-order valence-electron chi connectivity index (χ2n) is 5.50. The van der Waals surface area contributed by atoms with Gasteiger partial charge in [-0.05, 0) is 38.0 Å². The maximum Gasteiger partial charge on any atom is 0.101 e. The molecule has 2 aliphatic rings. The molecular weight excluding hydrogens is 234 g/mol. The molecular formula is C13H20ClN3. The Morgan fingerprint density at radius 3 is 2.53 bits per heavy atom. The molecule has 0 saturated heterocycles. The Morgan fingerprint density at radius 2 is 1.88 bits per heavy atom. The zero-order valence-electron chi connectivity index (χ0n) is 10.2. The lowest BCUT2D eigenvalue weighted by Crippen LogP contribution is -2.17. The van der Waals surface area contributed by atoms with E-state index in [0.717, 1.165) is 18.0 Å². The molecule has 0 atom stereocenters. The first-order chi connectivity index (χ1) is 8.38. The van der Waals surface area contributed by atoms with Crippen molar-refractivity contribution in [1.29, 1.82) is 0 Å². The van der Waals surface area contributed by atoms with Crippen LogP contribution in [0.3, 0.4) is 0 Å². The minimum Gasteiger partial charge on any atom is -0.246 e. The van der Waals surface area contributed by atoms with Crippen molar-refractivity contribution in [1.82, 2.24) is 15.0 Å². The third-order valence-electron chi connectivity index (χ3n) is 4.10. The average molecular weight is 254 g/mol. The minimum absolute atomic E-state index is 0.509. The van der Waals surface area contributed by atoms with Gasteiger partial charge in [0.1, 0.15) is 5.69 Å². The Bertz CT molecular complexity index is 378. The molecule has 1 heterocycles. The monoisotopic (exact) mass is 253 g/mol. The van der Waals surface area contributed by atoms with Crippen molar-refractivity contribution in [2.75, 3.05) is 0 Å². The Balaban J connectivity index is 1.83. The summed E-state index contributed by atoms with van der Waals surface area (Å²) in [7, 11) is 0. The molecule has 0 N–H and O–H groups in total. The van der Waals surface area contributed by atoms with Crippen molar-refractivity contribution in [3.05, 3.63) is 11.4 Å². The van der Waals surface area contributed by atoms with Crippen molar-refractivity contribution < 1.29 is 0 Å². The smallest absolute Gasteiger partial charge is 0.101 e. The van der Waals surface area contributed by atoms with E-state index in [0.29, 0.717) is 11.9 Å². The molecule has 0 spiro atoms. The second-order valence-corrected chi connectivity index (χ2v) is 5.77. The van der Waals surface area contributed by atoms with Gasteiger partial charge in [-0.25, -0.2) is 4.68 Å². The summed E-state index contributed by atoms with van der Waals surface area (Å²) in [5, 5.41) is 8.65. The van der Waals surface area contributed by atoms with Crippen LogP contribution < -0.4 is 0 Å². The fourth-order valence-electron chi connectivity index (χ4n) is 2.88. The zero-order chi connectivity index (χ0) is 11.7. The molecule has 2 fully saturated rings. The van der Waals surface area contributed by atoms with E-state index in [9.17, 15) is 0 Å². The molecule has 2 saturated carbocycles. The zero-order valence-corrected chi connectivity index (χ0v) is 11.0. The molecule has 1 aromatic rings. The van der Waals surface area contributed by atoms with Crippen LogP contribution >= 0.6 is 11.6 Å². The van der Waals surface area contributed by atoms with E-state index >= 15 is 0 Å². The summed E-state index contributed by atoms with van der Waals surface area (Å²) in [5.74, 6) is 1.38. The number of halogens is 1. The molecule has 0 radical (unpaired) electrons. The molecule has 17 heavy (non-hydrogen) atoms. The third-order valence-corrected chi connectivity index (χ3v) is 4.35. The highest BCUT2D eigenvalue weighted by Gasteiger charge is 2.28. The van der Waals surface area contributed by atoms with Gasteiger partial charge in [-0.1, -0.05) is 24.5 Å². The number of hydrogen-bond acceptors (Lipinski definition) is 2. The number of rotatable bonds is 4. The molecule has 4 heteroatoms. The van der Waals surface area contributed by atoms with Crippen LogP contribution in [0.4, 0.5) is 0 Å². The Kier molecular flexibility index (Phi) is 3.37. The van der Waals surface area contributed by atoms with Gasteiger partial charge in [0.15, 0.2) is 0 Å². The van der Waals surface area contributed by atoms with Gasteiger partial charge >= 0.3 is 0 Å². The quantitative estimate of drug-likeness (QED) is 0.770. The summed E-state index contributed by atoms with van der Waals surface area (Å²) in [6.07, 6.45) is 10.5. The normalized spacial score (nSPS) is 21.9. The second kappa shape index (κ2) is 4.97. The van der Waals surface area contributed by atoms with Crippen molar-refractivity contribution in [2.24, 2.45) is 5.92 Å². The lowest BCUT2D eigenvalue weighted by Gasteiger charge is -2.23. The van der Waals surface area contributed by atoms with Gasteiger partial charge in [-0.15, -0.1) is 16.7 Å². The van der Waals surface area contributed by atoms with Crippen molar-refractivity contribution in [3.63, 3.8) is 0 Å². The molecule has 0 unspecified atom stereocenters. The lowest BCUT2D eigenvalue weighted by molar-refractivity contribution is 0.316. The minimum atomic E-state index is 0.509. The highest BCUT2D eigenvalue weighted by molar-refractivity contribution is 6.16.